The van der Waals surface area contributed by atoms with Crippen LogP contribution in [0.15, 0.2) is 69.6 Å². The Bertz CT molecular complexity index is 1220. The van der Waals surface area contributed by atoms with Gasteiger partial charge in [-0.15, -0.1) is 12.4 Å². The second-order valence-corrected chi connectivity index (χ2v) is 10.3. The minimum Gasteiger partial charge on any atom is -0.310 e. The van der Waals surface area contributed by atoms with E-state index in [0.717, 1.165) is 58.8 Å². The van der Waals surface area contributed by atoms with Crippen LogP contribution in [0.25, 0.3) is 11.0 Å². The van der Waals surface area contributed by atoms with Crippen LogP contribution in [0.4, 0.5) is 0 Å². The fraction of sp³-hybridized carbons (Fsp3) is 0.240. The van der Waals surface area contributed by atoms with E-state index in [9.17, 15) is 0 Å². The van der Waals surface area contributed by atoms with Crippen molar-refractivity contribution >= 4 is 78.5 Å². The van der Waals surface area contributed by atoms with Gasteiger partial charge in [0.25, 0.3) is 0 Å². The van der Waals surface area contributed by atoms with Gasteiger partial charge < -0.3 is 9.13 Å². The molecule has 174 valence electrons. The van der Waals surface area contributed by atoms with E-state index in [2.05, 4.69) is 68.3 Å². The van der Waals surface area contributed by atoms with Crippen molar-refractivity contribution in [3.63, 3.8) is 0 Å². The molecule has 33 heavy (non-hydrogen) atoms. The zero-order valence-corrected chi connectivity index (χ0v) is 23.3. The first-order valence-corrected chi connectivity index (χ1v) is 12.9. The van der Waals surface area contributed by atoms with Crippen molar-refractivity contribution in [2.24, 2.45) is 0 Å². The zero-order valence-electron chi connectivity index (χ0n) is 17.8. The maximum Gasteiger partial charge on any atom is 0.202 e. The van der Waals surface area contributed by atoms with Crippen LogP contribution in [0.1, 0.15) is 24.0 Å². The summed E-state index contributed by atoms with van der Waals surface area (Å²) in [6, 6.07) is 20.4. The van der Waals surface area contributed by atoms with Gasteiger partial charge in [0.2, 0.25) is 5.62 Å². The Labute approximate surface area is 226 Å². The SMILES string of the molecule is Cl.N=c1n(CCCc2ccccc2Br)c2cc(Cl)c(Cl)cc2n1CCCc1ccccc1Br. The molecular weight excluding hydrogens is 608 g/mol. The highest BCUT2D eigenvalue weighted by Crippen LogP contribution is 2.28. The standard InChI is InChI=1S/C25H23Br2Cl2N3.ClH/c26-19-11-3-1-7-17(19)9-5-13-31-23-15-21(28)22(29)16-24(23)32(25(31)30)14-6-10-18-8-2-4-12-20(18)27;/h1-4,7-8,11-12,15-16,30H,5-6,9-10,13-14H2;1H. The monoisotopic (exact) mass is 629 g/mol. The Balaban J connectivity index is 0.00000306. The second-order valence-electron chi connectivity index (χ2n) is 7.77. The lowest BCUT2D eigenvalue weighted by molar-refractivity contribution is 0.561. The third-order valence-electron chi connectivity index (χ3n) is 5.68. The van der Waals surface area contributed by atoms with E-state index < -0.39 is 0 Å². The Hall–Kier alpha value is -1.24. The maximum absolute atomic E-state index is 8.89. The third kappa shape index (κ3) is 6.07. The van der Waals surface area contributed by atoms with Crippen LogP contribution >= 0.6 is 67.5 Å². The molecule has 3 nitrogen and oxygen atoms in total. The Morgan fingerprint density at radius 3 is 1.48 bits per heavy atom. The topological polar surface area (TPSA) is 33.7 Å². The van der Waals surface area contributed by atoms with E-state index in [1.165, 1.54) is 11.1 Å². The number of halogens is 5. The molecule has 0 bridgehead atoms. The lowest BCUT2D eigenvalue weighted by Gasteiger charge is -2.07. The van der Waals surface area contributed by atoms with Crippen molar-refractivity contribution in [1.82, 2.24) is 9.13 Å². The molecule has 0 aliphatic rings. The number of aryl methyl sites for hydroxylation is 4. The summed E-state index contributed by atoms with van der Waals surface area (Å²) in [6.07, 6.45) is 3.72. The van der Waals surface area contributed by atoms with Gasteiger partial charge in [-0.2, -0.15) is 0 Å². The van der Waals surface area contributed by atoms with E-state index in [-0.39, 0.29) is 12.4 Å². The lowest BCUT2D eigenvalue weighted by atomic mass is 10.1. The number of hydrogen-bond donors (Lipinski definition) is 1. The predicted octanol–water partition coefficient (Wildman–Crippen LogP) is 8.44. The van der Waals surface area contributed by atoms with Gasteiger partial charge in [-0.3, -0.25) is 5.41 Å². The normalized spacial score (nSPS) is 11.0. The quantitative estimate of drug-likeness (QED) is 0.202. The predicted molar refractivity (Wildman–Crippen MR) is 148 cm³/mol. The molecule has 0 spiro atoms. The molecule has 4 aromatic rings. The van der Waals surface area contributed by atoms with Crippen LogP contribution in [-0.4, -0.2) is 9.13 Å². The van der Waals surface area contributed by atoms with Crippen molar-refractivity contribution in [1.29, 1.82) is 5.41 Å². The van der Waals surface area contributed by atoms with Crippen LogP contribution < -0.4 is 5.62 Å². The van der Waals surface area contributed by atoms with Crippen molar-refractivity contribution in [2.75, 3.05) is 0 Å². The Morgan fingerprint density at radius 2 is 1.09 bits per heavy atom. The summed E-state index contributed by atoms with van der Waals surface area (Å²) in [5.74, 6) is 0. The molecule has 0 fully saturated rings. The van der Waals surface area contributed by atoms with Gasteiger partial charge in [0.05, 0.1) is 21.1 Å². The fourth-order valence-corrected chi connectivity index (χ4v) is 5.32. The number of rotatable bonds is 8. The Morgan fingerprint density at radius 1 is 0.697 bits per heavy atom. The minimum atomic E-state index is 0. The number of hydrogen-bond acceptors (Lipinski definition) is 1. The number of nitrogens with zero attached hydrogens (tertiary/aromatic N) is 2. The van der Waals surface area contributed by atoms with Gasteiger partial charge in [0, 0.05) is 22.0 Å². The number of nitrogens with one attached hydrogen (secondary N) is 1. The molecule has 0 saturated heterocycles. The van der Waals surface area contributed by atoms with Gasteiger partial charge in [-0.25, -0.2) is 0 Å². The summed E-state index contributed by atoms with van der Waals surface area (Å²) in [5.41, 5.74) is 4.95. The highest BCUT2D eigenvalue weighted by Gasteiger charge is 2.14. The summed E-state index contributed by atoms with van der Waals surface area (Å²) < 4.78 is 6.35. The summed E-state index contributed by atoms with van der Waals surface area (Å²) in [5, 5.41) is 9.92. The highest BCUT2D eigenvalue weighted by molar-refractivity contribution is 9.10. The van der Waals surface area contributed by atoms with Gasteiger partial charge in [0.1, 0.15) is 0 Å². The third-order valence-corrected chi connectivity index (χ3v) is 7.95. The zero-order chi connectivity index (χ0) is 22.7. The van der Waals surface area contributed by atoms with Crippen molar-refractivity contribution < 1.29 is 0 Å². The summed E-state index contributed by atoms with van der Waals surface area (Å²) in [4.78, 5) is 0. The first kappa shape index (κ1) is 26.4. The molecule has 1 N–H and O–H groups in total. The maximum atomic E-state index is 8.89. The first-order valence-electron chi connectivity index (χ1n) is 10.5. The van der Waals surface area contributed by atoms with Crippen LogP contribution in [-0.2, 0) is 25.9 Å². The fourth-order valence-electron chi connectivity index (χ4n) is 4.04. The van der Waals surface area contributed by atoms with E-state index >= 15 is 0 Å². The molecule has 0 saturated carbocycles. The van der Waals surface area contributed by atoms with Crippen molar-refractivity contribution in [2.45, 2.75) is 38.8 Å². The van der Waals surface area contributed by atoms with Gasteiger partial charge in [0.15, 0.2) is 0 Å². The van der Waals surface area contributed by atoms with Crippen LogP contribution in [0.5, 0.6) is 0 Å². The van der Waals surface area contributed by atoms with Crippen LogP contribution in [0, 0.1) is 5.41 Å². The van der Waals surface area contributed by atoms with Crippen molar-refractivity contribution in [3.8, 4) is 0 Å². The first-order chi connectivity index (χ1) is 15.5. The van der Waals surface area contributed by atoms with Gasteiger partial charge in [-0.1, -0.05) is 91.5 Å². The summed E-state index contributed by atoms with van der Waals surface area (Å²) >= 11 is 19.9. The number of imidazole rings is 1. The average molecular weight is 633 g/mol. The molecule has 0 atom stereocenters. The highest BCUT2D eigenvalue weighted by atomic mass is 79.9. The Kier molecular flexibility index (Phi) is 9.54. The number of aromatic nitrogens is 2. The average Bonchev–Trinajstić information content (AvgIpc) is 3.02. The van der Waals surface area contributed by atoms with Crippen LogP contribution in [0.2, 0.25) is 10.0 Å². The molecule has 1 heterocycles. The van der Waals surface area contributed by atoms with Gasteiger partial charge in [-0.05, 0) is 61.1 Å². The molecule has 0 amide bonds. The van der Waals surface area contributed by atoms with Crippen molar-refractivity contribution in [3.05, 3.63) is 96.4 Å². The van der Waals surface area contributed by atoms with E-state index in [1.807, 2.05) is 33.4 Å². The van der Waals surface area contributed by atoms with Crippen LogP contribution in [0.3, 0.4) is 0 Å². The van der Waals surface area contributed by atoms with E-state index in [0.29, 0.717) is 15.7 Å². The smallest absolute Gasteiger partial charge is 0.202 e. The molecule has 3 aromatic carbocycles. The molecule has 0 radical (unpaired) electrons. The van der Waals surface area contributed by atoms with E-state index in [1.54, 1.807) is 0 Å². The summed E-state index contributed by atoms with van der Waals surface area (Å²) in [6.45, 7) is 1.48. The largest absolute Gasteiger partial charge is 0.310 e. The second kappa shape index (κ2) is 11.9. The molecule has 1 aromatic heterocycles. The van der Waals surface area contributed by atoms with E-state index in [4.69, 9.17) is 28.6 Å². The molecule has 4 rings (SSSR count). The molecule has 0 unspecified atom stereocenters. The van der Waals surface area contributed by atoms with Gasteiger partial charge >= 0.3 is 0 Å². The molecule has 0 aliphatic carbocycles. The molecular formula is C25H24Br2Cl3N3. The lowest BCUT2D eigenvalue weighted by Crippen LogP contribution is -2.25. The molecule has 8 heteroatoms. The number of fused-ring (bicyclic) bond motifs is 1. The summed E-state index contributed by atoms with van der Waals surface area (Å²) in [7, 11) is 0. The molecule has 0 aliphatic heterocycles. The number of benzene rings is 3. The minimum absolute atomic E-state index is 0.